The summed E-state index contributed by atoms with van der Waals surface area (Å²) in [6.07, 6.45) is 1.04. The summed E-state index contributed by atoms with van der Waals surface area (Å²) in [5, 5.41) is 0. The van der Waals surface area contributed by atoms with Crippen molar-refractivity contribution >= 4 is 12.6 Å². The Morgan fingerprint density at radius 2 is 1.64 bits per heavy atom. The lowest BCUT2D eigenvalue weighted by Crippen LogP contribution is -1.79. The molecule has 0 nitrogen and oxygen atoms in total. The predicted octanol–water partition coefficient (Wildman–Crippen LogP) is 3.81. The molecule has 0 aromatic heterocycles. The third-order valence-corrected chi connectivity index (χ3v) is 3.02. The molecule has 0 spiro atoms. The summed E-state index contributed by atoms with van der Waals surface area (Å²) in [6.45, 7) is 0. The summed E-state index contributed by atoms with van der Waals surface area (Å²) < 4.78 is 0. The van der Waals surface area contributed by atoms with E-state index in [4.69, 9.17) is 12.6 Å². The lowest BCUT2D eigenvalue weighted by Gasteiger charge is -1.99. The van der Waals surface area contributed by atoms with E-state index in [1.54, 1.807) is 0 Å². The Labute approximate surface area is 89.0 Å². The SMILES string of the molecule is [S]c1ccc2c(c1)Cc1ccccc1-2. The van der Waals surface area contributed by atoms with Crippen LogP contribution in [0.4, 0.5) is 0 Å². The Hall–Kier alpha value is -1.34. The van der Waals surface area contributed by atoms with Crippen LogP contribution in [-0.4, -0.2) is 0 Å². The normalized spacial score (nSPS) is 12.3. The van der Waals surface area contributed by atoms with Crippen molar-refractivity contribution in [2.45, 2.75) is 11.3 Å². The maximum atomic E-state index is 5.16. The summed E-state index contributed by atoms with van der Waals surface area (Å²) in [5.41, 5.74) is 5.52. The molecule has 1 heteroatoms. The molecule has 0 amide bonds. The van der Waals surface area contributed by atoms with Crippen LogP contribution in [0.15, 0.2) is 47.4 Å². The second kappa shape index (κ2) is 2.82. The molecule has 0 bridgehead atoms. The summed E-state index contributed by atoms with van der Waals surface area (Å²) in [6, 6.07) is 14.8. The first-order valence-corrected chi connectivity index (χ1v) is 5.13. The maximum Gasteiger partial charge on any atom is 0.0380 e. The Morgan fingerprint density at radius 3 is 2.57 bits per heavy atom. The molecule has 1 aliphatic rings. The second-order valence-corrected chi connectivity index (χ2v) is 4.12. The fourth-order valence-electron chi connectivity index (χ4n) is 2.12. The first-order chi connectivity index (χ1) is 6.84. The van der Waals surface area contributed by atoms with E-state index in [0.717, 1.165) is 11.3 Å². The van der Waals surface area contributed by atoms with E-state index in [9.17, 15) is 0 Å². The molecule has 1 radical (unpaired) electrons. The quantitative estimate of drug-likeness (QED) is 0.514. The van der Waals surface area contributed by atoms with E-state index in [-0.39, 0.29) is 0 Å². The number of hydrogen-bond acceptors (Lipinski definition) is 0. The van der Waals surface area contributed by atoms with Gasteiger partial charge in [-0.3, -0.25) is 0 Å². The minimum atomic E-state index is 0.941. The van der Waals surface area contributed by atoms with Crippen LogP contribution in [0.5, 0.6) is 0 Å². The Balaban J connectivity index is 2.27. The average Bonchev–Trinajstić information content (AvgIpc) is 2.54. The van der Waals surface area contributed by atoms with Gasteiger partial charge in [0.05, 0.1) is 0 Å². The van der Waals surface area contributed by atoms with Crippen LogP contribution in [-0.2, 0) is 6.42 Å². The molecular formula is C13H9S. The van der Waals surface area contributed by atoms with Crippen molar-refractivity contribution in [3.8, 4) is 11.1 Å². The number of hydrogen-bond donors (Lipinski definition) is 0. The topological polar surface area (TPSA) is 0 Å². The molecule has 67 valence electrons. The highest BCUT2D eigenvalue weighted by molar-refractivity contribution is 7.80. The molecule has 0 atom stereocenters. The minimum absolute atomic E-state index is 0.941. The van der Waals surface area contributed by atoms with Crippen molar-refractivity contribution in [3.63, 3.8) is 0 Å². The van der Waals surface area contributed by atoms with Gasteiger partial charge in [-0.05, 0) is 40.8 Å². The van der Waals surface area contributed by atoms with Crippen LogP contribution in [0.1, 0.15) is 11.1 Å². The van der Waals surface area contributed by atoms with Crippen molar-refractivity contribution in [1.29, 1.82) is 0 Å². The standard InChI is InChI=1S/C13H9S/c14-11-5-6-13-10(8-11)7-9-3-1-2-4-12(9)13/h1-6,8H,7H2. The average molecular weight is 197 g/mol. The minimum Gasteiger partial charge on any atom is -0.0801 e. The van der Waals surface area contributed by atoms with Crippen molar-refractivity contribution in [1.82, 2.24) is 0 Å². The Bertz CT molecular complexity index is 500. The van der Waals surface area contributed by atoms with Gasteiger partial charge in [0.15, 0.2) is 0 Å². The van der Waals surface area contributed by atoms with Crippen LogP contribution in [0.2, 0.25) is 0 Å². The van der Waals surface area contributed by atoms with Crippen molar-refractivity contribution in [3.05, 3.63) is 53.6 Å². The van der Waals surface area contributed by atoms with Crippen LogP contribution in [0, 0.1) is 0 Å². The smallest absolute Gasteiger partial charge is 0.0380 e. The molecule has 0 heterocycles. The van der Waals surface area contributed by atoms with Crippen LogP contribution in [0.25, 0.3) is 11.1 Å². The third-order valence-electron chi connectivity index (χ3n) is 2.77. The van der Waals surface area contributed by atoms with E-state index in [2.05, 4.69) is 36.4 Å². The molecule has 1 aliphatic carbocycles. The van der Waals surface area contributed by atoms with E-state index in [1.165, 1.54) is 22.3 Å². The molecule has 2 aromatic rings. The highest BCUT2D eigenvalue weighted by atomic mass is 32.1. The molecule has 0 fully saturated rings. The zero-order valence-corrected chi connectivity index (χ0v) is 8.47. The molecule has 14 heavy (non-hydrogen) atoms. The van der Waals surface area contributed by atoms with Gasteiger partial charge in [0.1, 0.15) is 0 Å². The van der Waals surface area contributed by atoms with E-state index < -0.39 is 0 Å². The van der Waals surface area contributed by atoms with Gasteiger partial charge in [-0.2, -0.15) is 0 Å². The molecule has 0 unspecified atom stereocenters. The summed E-state index contributed by atoms with van der Waals surface area (Å²) in [5.74, 6) is 0. The van der Waals surface area contributed by atoms with Gasteiger partial charge in [0.2, 0.25) is 0 Å². The number of fused-ring (bicyclic) bond motifs is 3. The zero-order valence-electron chi connectivity index (χ0n) is 7.66. The third kappa shape index (κ3) is 1.06. The van der Waals surface area contributed by atoms with Gasteiger partial charge in [-0.15, -0.1) is 0 Å². The fraction of sp³-hybridized carbons (Fsp3) is 0.0769. The molecule has 0 saturated carbocycles. The van der Waals surface area contributed by atoms with Crippen LogP contribution >= 0.6 is 12.6 Å². The largest absolute Gasteiger partial charge is 0.0801 e. The Morgan fingerprint density at radius 1 is 0.857 bits per heavy atom. The monoisotopic (exact) mass is 197 g/mol. The highest BCUT2D eigenvalue weighted by Crippen LogP contribution is 2.36. The summed E-state index contributed by atoms with van der Waals surface area (Å²) in [7, 11) is 0. The fourth-order valence-corrected chi connectivity index (χ4v) is 2.33. The maximum absolute atomic E-state index is 5.16. The van der Waals surface area contributed by atoms with Gasteiger partial charge in [0, 0.05) is 4.90 Å². The first-order valence-electron chi connectivity index (χ1n) is 4.73. The predicted molar refractivity (Wildman–Crippen MR) is 60.5 cm³/mol. The van der Waals surface area contributed by atoms with Gasteiger partial charge >= 0.3 is 0 Å². The van der Waals surface area contributed by atoms with Crippen molar-refractivity contribution in [2.75, 3.05) is 0 Å². The van der Waals surface area contributed by atoms with Gasteiger partial charge in [0.25, 0.3) is 0 Å². The molecule has 2 aromatic carbocycles. The highest BCUT2D eigenvalue weighted by Gasteiger charge is 2.17. The number of rotatable bonds is 0. The van der Waals surface area contributed by atoms with E-state index >= 15 is 0 Å². The summed E-state index contributed by atoms with van der Waals surface area (Å²) >= 11 is 5.16. The summed E-state index contributed by atoms with van der Waals surface area (Å²) in [4.78, 5) is 0.941. The molecule has 3 rings (SSSR count). The molecule has 0 N–H and O–H groups in total. The Kier molecular flexibility index (Phi) is 1.62. The van der Waals surface area contributed by atoms with Crippen molar-refractivity contribution in [2.24, 2.45) is 0 Å². The first kappa shape index (κ1) is 8.01. The van der Waals surface area contributed by atoms with Gasteiger partial charge in [-0.25, -0.2) is 0 Å². The molecule has 0 saturated heterocycles. The van der Waals surface area contributed by atoms with Crippen LogP contribution in [0.3, 0.4) is 0 Å². The van der Waals surface area contributed by atoms with Gasteiger partial charge in [-0.1, -0.05) is 43.0 Å². The van der Waals surface area contributed by atoms with Gasteiger partial charge < -0.3 is 0 Å². The lowest BCUT2D eigenvalue weighted by molar-refractivity contribution is 1.24. The second-order valence-electron chi connectivity index (χ2n) is 3.65. The number of benzene rings is 2. The molecule has 0 aliphatic heterocycles. The van der Waals surface area contributed by atoms with Crippen molar-refractivity contribution < 1.29 is 0 Å². The van der Waals surface area contributed by atoms with Crippen LogP contribution < -0.4 is 0 Å². The van der Waals surface area contributed by atoms with E-state index in [0.29, 0.717) is 0 Å². The van der Waals surface area contributed by atoms with E-state index in [1.807, 2.05) is 6.07 Å². The zero-order chi connectivity index (χ0) is 9.54. The lowest BCUT2D eigenvalue weighted by atomic mass is 10.1. The molecular weight excluding hydrogens is 188 g/mol.